The summed E-state index contributed by atoms with van der Waals surface area (Å²) < 4.78 is 48.9. The molecule has 240 valence electrons. The summed E-state index contributed by atoms with van der Waals surface area (Å²) in [7, 11) is 0. The van der Waals surface area contributed by atoms with Crippen LogP contribution in [-0.2, 0) is 6.42 Å². The average Bonchev–Trinajstić information content (AvgIpc) is 3.90. The molecular weight excluding hydrogens is 643 g/mol. The number of rotatable bonds is 4. The summed E-state index contributed by atoms with van der Waals surface area (Å²) in [4.78, 5) is 16.6. The van der Waals surface area contributed by atoms with Crippen molar-refractivity contribution in [1.82, 2.24) is 24.1 Å². The van der Waals surface area contributed by atoms with E-state index in [0.717, 1.165) is 77.8 Å². The molecule has 0 fully saturated rings. The van der Waals surface area contributed by atoms with Crippen molar-refractivity contribution in [2.45, 2.75) is 12.8 Å². The Labute approximate surface area is 304 Å². The molecule has 0 unspecified atom stereocenters. The number of nitrogens with zero attached hydrogens (tertiary/aromatic N) is 5. The first kappa shape index (κ1) is 23.9. The molecule has 6 heteroatoms. The van der Waals surface area contributed by atoms with Crippen LogP contribution in [0.3, 0.4) is 0 Å². The van der Waals surface area contributed by atoms with Crippen molar-refractivity contribution >= 4 is 71.1 Å². The third-order valence-corrected chi connectivity index (χ3v) is 11.1. The van der Waals surface area contributed by atoms with Crippen molar-refractivity contribution in [3.8, 4) is 34.4 Å². The maximum Gasteiger partial charge on any atom is 0.238 e. The zero-order valence-corrected chi connectivity index (χ0v) is 27.9. The molecule has 0 aliphatic heterocycles. The van der Waals surface area contributed by atoms with E-state index < -0.39 is 18.1 Å². The number of fused-ring (bicyclic) bond motifs is 10. The van der Waals surface area contributed by atoms with Gasteiger partial charge in [0, 0.05) is 53.3 Å². The lowest BCUT2D eigenvalue weighted by Crippen LogP contribution is -2.07. The fraction of sp³-hybridized carbons (Fsp3) is 0.0444. The minimum Gasteiger partial charge on any atom is -0.307 e. The SMILES string of the molecule is [2H]c1c([2H])c([2H])c(-c2nc(-c3cccc4sc5c(c34)CCC=C5)nc(-n3c4ccccc4c4ccc5c6ccccc6n(-c6ccccc6)c5c43)n2)c([2H])c1[2H]. The van der Waals surface area contributed by atoms with Crippen LogP contribution in [-0.4, -0.2) is 24.1 Å². The Kier molecular flexibility index (Phi) is 5.19. The van der Waals surface area contributed by atoms with Crippen molar-refractivity contribution in [2.24, 2.45) is 0 Å². The molecule has 1 aliphatic rings. The molecule has 4 heterocycles. The number of aromatic nitrogens is 5. The van der Waals surface area contributed by atoms with E-state index >= 15 is 0 Å². The zero-order valence-electron chi connectivity index (χ0n) is 32.1. The molecule has 0 saturated carbocycles. The Hall–Kier alpha value is -6.37. The lowest BCUT2D eigenvalue weighted by Gasteiger charge is -2.14. The van der Waals surface area contributed by atoms with Gasteiger partial charge in [-0.25, -0.2) is 4.98 Å². The van der Waals surface area contributed by atoms with E-state index in [9.17, 15) is 0 Å². The molecule has 5 nitrogen and oxygen atoms in total. The topological polar surface area (TPSA) is 48.5 Å². The first-order valence-electron chi connectivity index (χ1n) is 19.4. The summed E-state index contributed by atoms with van der Waals surface area (Å²) >= 11 is 1.73. The smallest absolute Gasteiger partial charge is 0.238 e. The van der Waals surface area contributed by atoms with Crippen LogP contribution in [0.25, 0.3) is 94.2 Å². The predicted octanol–water partition coefficient (Wildman–Crippen LogP) is 11.6. The van der Waals surface area contributed by atoms with Gasteiger partial charge >= 0.3 is 0 Å². The van der Waals surface area contributed by atoms with Gasteiger partial charge in [-0.1, -0.05) is 115 Å². The van der Waals surface area contributed by atoms with E-state index in [1.807, 2.05) is 48.5 Å². The van der Waals surface area contributed by atoms with Crippen molar-refractivity contribution in [1.29, 1.82) is 0 Å². The largest absolute Gasteiger partial charge is 0.307 e. The summed E-state index contributed by atoms with van der Waals surface area (Å²) in [5.74, 6) is 0.644. The molecule has 11 rings (SSSR count). The Morgan fingerprint density at radius 3 is 2.08 bits per heavy atom. The molecule has 4 aromatic heterocycles. The fourth-order valence-electron chi connectivity index (χ4n) is 7.83. The van der Waals surface area contributed by atoms with Gasteiger partial charge in [0.15, 0.2) is 11.6 Å². The van der Waals surface area contributed by atoms with E-state index in [1.165, 1.54) is 10.4 Å². The second-order valence-electron chi connectivity index (χ2n) is 12.7. The highest BCUT2D eigenvalue weighted by Crippen LogP contribution is 2.43. The Bertz CT molecular complexity index is 3300. The van der Waals surface area contributed by atoms with Gasteiger partial charge in [0.05, 0.1) is 28.9 Å². The first-order valence-corrected chi connectivity index (χ1v) is 17.8. The Balaban J connectivity index is 1.32. The lowest BCUT2D eigenvalue weighted by molar-refractivity contribution is 0.953. The molecule has 0 bridgehead atoms. The Morgan fingerprint density at radius 1 is 0.608 bits per heavy atom. The standard InChI is InChI=1S/C45H29N5S/c1-3-14-28(15-4-1)43-46-44(35-21-13-25-39-40(35)34-20-9-12-24-38(34)51-39)48-45(47-43)50-37-23-11-8-19-31(37)33-27-26-32-30-18-7-10-22-36(30)49(41(32)42(33)50)29-16-5-2-6-17-29/h1-8,10-19,21-27H,9,20H2/i1D,3D,4D,14D,15D. The van der Waals surface area contributed by atoms with Crippen LogP contribution in [0.5, 0.6) is 0 Å². The second kappa shape index (κ2) is 11.1. The molecule has 10 aromatic rings. The number of allylic oxidation sites excluding steroid dienone is 1. The summed E-state index contributed by atoms with van der Waals surface area (Å²) in [6.07, 6.45) is 6.19. The lowest BCUT2D eigenvalue weighted by atomic mass is 9.97. The zero-order chi connectivity index (χ0) is 37.8. The maximum atomic E-state index is 8.99. The third-order valence-electron chi connectivity index (χ3n) is 9.95. The van der Waals surface area contributed by atoms with Crippen molar-refractivity contribution in [3.63, 3.8) is 0 Å². The fourth-order valence-corrected chi connectivity index (χ4v) is 9.04. The van der Waals surface area contributed by atoms with Crippen LogP contribution >= 0.6 is 11.3 Å². The molecule has 0 atom stereocenters. The summed E-state index contributed by atoms with van der Waals surface area (Å²) in [6, 6.07) is 35.2. The van der Waals surface area contributed by atoms with Gasteiger partial charge in [0.2, 0.25) is 5.95 Å². The number of hydrogen-bond donors (Lipinski definition) is 0. The number of para-hydroxylation sites is 3. The predicted molar refractivity (Wildman–Crippen MR) is 212 cm³/mol. The molecule has 0 amide bonds. The number of aryl methyl sites for hydroxylation is 1. The molecule has 1 aliphatic carbocycles. The van der Waals surface area contributed by atoms with Gasteiger partial charge in [0.1, 0.15) is 0 Å². The first-order chi connectivity index (χ1) is 27.4. The minimum absolute atomic E-state index is 0.00436. The number of hydrogen-bond acceptors (Lipinski definition) is 4. The van der Waals surface area contributed by atoms with E-state index in [-0.39, 0.29) is 29.4 Å². The van der Waals surface area contributed by atoms with E-state index in [0.29, 0.717) is 5.82 Å². The average molecular weight is 677 g/mol. The molecule has 51 heavy (non-hydrogen) atoms. The number of benzene rings is 6. The van der Waals surface area contributed by atoms with Crippen LogP contribution in [0.4, 0.5) is 0 Å². The van der Waals surface area contributed by atoms with E-state index in [4.69, 9.17) is 21.8 Å². The van der Waals surface area contributed by atoms with Gasteiger partial charge in [-0.3, -0.25) is 4.57 Å². The second-order valence-corrected chi connectivity index (χ2v) is 13.8. The van der Waals surface area contributed by atoms with E-state index in [1.54, 1.807) is 11.3 Å². The van der Waals surface area contributed by atoms with Crippen LogP contribution in [0, 0.1) is 0 Å². The minimum atomic E-state index is -0.473. The van der Waals surface area contributed by atoms with Gasteiger partial charge < -0.3 is 4.57 Å². The molecule has 6 aromatic carbocycles. The van der Waals surface area contributed by atoms with Crippen LogP contribution in [0.2, 0.25) is 0 Å². The monoisotopic (exact) mass is 676 g/mol. The summed E-state index contributed by atoms with van der Waals surface area (Å²) in [6.45, 7) is 0. The summed E-state index contributed by atoms with van der Waals surface area (Å²) in [5, 5.41) is 5.23. The van der Waals surface area contributed by atoms with Gasteiger partial charge in [-0.05, 0) is 54.8 Å². The van der Waals surface area contributed by atoms with Gasteiger partial charge in [-0.2, -0.15) is 9.97 Å². The molecule has 0 N–H and O–H groups in total. The quantitative estimate of drug-likeness (QED) is 0.186. The Morgan fingerprint density at radius 2 is 1.29 bits per heavy atom. The van der Waals surface area contributed by atoms with Crippen LogP contribution in [0.1, 0.15) is 23.7 Å². The highest BCUT2D eigenvalue weighted by atomic mass is 32.1. The normalized spacial score (nSPS) is 14.2. The highest BCUT2D eigenvalue weighted by Gasteiger charge is 2.24. The van der Waals surface area contributed by atoms with Crippen LogP contribution in [0.15, 0.2) is 145 Å². The molecule has 0 saturated heterocycles. The maximum absolute atomic E-state index is 8.99. The molecule has 0 radical (unpaired) electrons. The van der Waals surface area contributed by atoms with Crippen molar-refractivity contribution in [2.75, 3.05) is 0 Å². The van der Waals surface area contributed by atoms with Crippen molar-refractivity contribution < 1.29 is 6.85 Å². The summed E-state index contributed by atoms with van der Waals surface area (Å²) in [5.41, 5.74) is 6.73. The van der Waals surface area contributed by atoms with Gasteiger partial charge in [-0.15, -0.1) is 11.3 Å². The third kappa shape index (κ3) is 4.23. The van der Waals surface area contributed by atoms with Crippen molar-refractivity contribution in [3.05, 3.63) is 156 Å². The van der Waals surface area contributed by atoms with E-state index in [2.05, 4.69) is 81.9 Å². The highest BCUT2D eigenvalue weighted by molar-refractivity contribution is 7.20. The number of thiophene rings is 1. The van der Waals surface area contributed by atoms with Gasteiger partial charge in [0.25, 0.3) is 0 Å². The molecule has 0 spiro atoms. The molecular formula is C45H29N5S. The van der Waals surface area contributed by atoms with Crippen LogP contribution < -0.4 is 0 Å².